The number of fused-ring (bicyclic) bond motifs is 2. The molecule has 4 rings (SSSR count). The average Bonchev–Trinajstić information content (AvgIpc) is 2.99. The van der Waals surface area contributed by atoms with Gasteiger partial charge >= 0.3 is 0 Å². The van der Waals surface area contributed by atoms with E-state index < -0.39 is 0 Å². The first-order valence-electron chi connectivity index (χ1n) is 8.16. The van der Waals surface area contributed by atoms with Crippen molar-refractivity contribution in [2.75, 3.05) is 32.6 Å². The van der Waals surface area contributed by atoms with E-state index in [-0.39, 0.29) is 0 Å². The van der Waals surface area contributed by atoms with Crippen LogP contribution in [0.25, 0.3) is 21.8 Å². The summed E-state index contributed by atoms with van der Waals surface area (Å²) < 4.78 is 5.41. The molecule has 1 aromatic heterocycles. The molecule has 1 saturated heterocycles. The number of nitrogens with zero attached hydrogens (tertiary/aromatic N) is 2. The largest absolute Gasteiger partial charge is 0.497 e. The van der Waals surface area contributed by atoms with Gasteiger partial charge in [-0.05, 0) is 56.4 Å². The predicted molar refractivity (Wildman–Crippen MR) is 100 cm³/mol. The van der Waals surface area contributed by atoms with E-state index in [1.54, 1.807) is 7.11 Å². The van der Waals surface area contributed by atoms with Gasteiger partial charge in [0.15, 0.2) is 0 Å². The summed E-state index contributed by atoms with van der Waals surface area (Å²) in [4.78, 5) is 7.12. The summed E-state index contributed by atoms with van der Waals surface area (Å²) in [5.41, 5.74) is 2.97. The molecule has 2 aromatic carbocycles. The van der Waals surface area contributed by atoms with Gasteiger partial charge in [0.25, 0.3) is 0 Å². The highest BCUT2D eigenvalue weighted by Crippen LogP contribution is 2.35. The maximum atomic E-state index is 6.17. The monoisotopic (exact) mass is 341 g/mol. The van der Waals surface area contributed by atoms with E-state index in [0.29, 0.717) is 11.1 Å². The first-order chi connectivity index (χ1) is 11.6. The summed E-state index contributed by atoms with van der Waals surface area (Å²) in [6.07, 6.45) is 1.14. The molecule has 1 atom stereocenters. The number of halogens is 1. The van der Waals surface area contributed by atoms with E-state index in [9.17, 15) is 0 Å². The zero-order valence-electron chi connectivity index (χ0n) is 13.8. The van der Waals surface area contributed by atoms with Gasteiger partial charge in [0, 0.05) is 28.4 Å². The number of rotatable bonds is 3. The number of methoxy groups -OCH3 is 1. The Morgan fingerprint density at radius 2 is 2.04 bits per heavy atom. The van der Waals surface area contributed by atoms with Gasteiger partial charge in [0.05, 0.1) is 23.8 Å². The molecule has 1 N–H and O–H groups in total. The molecule has 0 aliphatic carbocycles. The smallest absolute Gasteiger partial charge is 0.119 e. The molecular formula is C19H20ClN3O. The zero-order chi connectivity index (χ0) is 16.7. The molecule has 0 spiro atoms. The second-order valence-electron chi connectivity index (χ2n) is 6.42. The maximum absolute atomic E-state index is 6.17. The van der Waals surface area contributed by atoms with Gasteiger partial charge in [-0.2, -0.15) is 0 Å². The van der Waals surface area contributed by atoms with Gasteiger partial charge in [-0.1, -0.05) is 11.6 Å². The second kappa shape index (κ2) is 6.11. The van der Waals surface area contributed by atoms with Gasteiger partial charge in [-0.25, -0.2) is 4.98 Å². The second-order valence-corrected chi connectivity index (χ2v) is 6.86. The Bertz CT molecular complexity index is 912. The fourth-order valence-electron chi connectivity index (χ4n) is 3.44. The molecule has 0 bridgehead atoms. The molecule has 1 aliphatic rings. The summed E-state index contributed by atoms with van der Waals surface area (Å²) in [5.74, 6) is 0.837. The fourth-order valence-corrected chi connectivity index (χ4v) is 3.60. The Hall–Kier alpha value is -2.04. The van der Waals surface area contributed by atoms with E-state index in [0.717, 1.165) is 52.8 Å². The highest BCUT2D eigenvalue weighted by Gasteiger charge is 2.21. The van der Waals surface area contributed by atoms with Crippen molar-refractivity contribution < 1.29 is 4.74 Å². The standard InChI is InChI=1S/C19H20ClN3O/c1-23-8-7-13(11-23)21-19-15-5-3-12(20)9-18(15)22-17-6-4-14(24-2)10-16(17)19/h3-6,9-10,13H,7-8,11H2,1-2H3,(H,21,22). The van der Waals surface area contributed by atoms with Gasteiger partial charge in [-0.15, -0.1) is 0 Å². The Kier molecular flexibility index (Phi) is 3.94. The van der Waals surface area contributed by atoms with Crippen molar-refractivity contribution in [1.82, 2.24) is 9.88 Å². The molecule has 2 heterocycles. The van der Waals surface area contributed by atoms with Crippen LogP contribution >= 0.6 is 11.6 Å². The number of ether oxygens (including phenoxy) is 1. The number of anilines is 1. The lowest BCUT2D eigenvalue weighted by atomic mass is 10.1. The Balaban J connectivity index is 1.92. The molecule has 0 amide bonds. The highest BCUT2D eigenvalue weighted by atomic mass is 35.5. The number of likely N-dealkylation sites (tertiary alicyclic amines) is 1. The summed E-state index contributed by atoms with van der Waals surface area (Å²) in [6, 6.07) is 12.3. The third kappa shape index (κ3) is 2.76. The van der Waals surface area contributed by atoms with E-state index in [2.05, 4.69) is 23.3 Å². The number of pyridine rings is 1. The number of nitrogens with one attached hydrogen (secondary N) is 1. The molecule has 1 aliphatic heterocycles. The predicted octanol–water partition coefficient (Wildman–Crippen LogP) is 4.17. The van der Waals surface area contributed by atoms with Crippen LogP contribution in [0.15, 0.2) is 36.4 Å². The Morgan fingerprint density at radius 3 is 2.79 bits per heavy atom. The molecule has 4 nitrogen and oxygen atoms in total. The molecule has 1 fully saturated rings. The third-order valence-corrected chi connectivity index (χ3v) is 4.92. The molecule has 0 radical (unpaired) electrons. The van der Waals surface area contributed by atoms with E-state index in [1.807, 2.05) is 30.3 Å². The molecule has 3 aromatic rings. The zero-order valence-corrected chi connectivity index (χ0v) is 14.6. The van der Waals surface area contributed by atoms with Crippen molar-refractivity contribution in [3.63, 3.8) is 0 Å². The van der Waals surface area contributed by atoms with Crippen LogP contribution in [0.1, 0.15) is 6.42 Å². The third-order valence-electron chi connectivity index (χ3n) is 4.68. The summed E-state index contributed by atoms with van der Waals surface area (Å²) in [7, 11) is 3.85. The number of hydrogen-bond acceptors (Lipinski definition) is 4. The number of likely N-dealkylation sites (N-methyl/N-ethyl adjacent to an activating group) is 1. The lowest BCUT2D eigenvalue weighted by Gasteiger charge is -2.19. The van der Waals surface area contributed by atoms with Crippen LogP contribution in [0.4, 0.5) is 5.69 Å². The lowest BCUT2D eigenvalue weighted by Crippen LogP contribution is -2.23. The van der Waals surface area contributed by atoms with Crippen LogP contribution in [0.3, 0.4) is 0 Å². The SMILES string of the molecule is COc1ccc2nc3cc(Cl)ccc3c(NC3CCN(C)C3)c2c1. The fraction of sp³-hybridized carbons (Fsp3) is 0.316. The topological polar surface area (TPSA) is 37.4 Å². The van der Waals surface area contributed by atoms with Crippen LogP contribution < -0.4 is 10.1 Å². The van der Waals surface area contributed by atoms with Crippen molar-refractivity contribution in [2.45, 2.75) is 12.5 Å². The number of benzene rings is 2. The molecule has 0 saturated carbocycles. The average molecular weight is 342 g/mol. The van der Waals surface area contributed by atoms with Crippen LogP contribution in [0.5, 0.6) is 5.75 Å². The minimum Gasteiger partial charge on any atom is -0.497 e. The van der Waals surface area contributed by atoms with E-state index in [4.69, 9.17) is 21.3 Å². The van der Waals surface area contributed by atoms with Crippen LogP contribution in [-0.4, -0.2) is 43.2 Å². The van der Waals surface area contributed by atoms with Crippen molar-refractivity contribution in [2.24, 2.45) is 0 Å². The van der Waals surface area contributed by atoms with Gasteiger partial charge in [-0.3, -0.25) is 0 Å². The normalized spacial score (nSPS) is 18.4. The minimum atomic E-state index is 0.436. The van der Waals surface area contributed by atoms with Crippen LogP contribution in [-0.2, 0) is 0 Å². The van der Waals surface area contributed by atoms with E-state index in [1.165, 1.54) is 0 Å². The number of aromatic nitrogens is 1. The Labute approximate surface area is 146 Å². The van der Waals surface area contributed by atoms with Crippen LogP contribution in [0.2, 0.25) is 5.02 Å². The first kappa shape index (κ1) is 15.5. The van der Waals surface area contributed by atoms with Crippen molar-refractivity contribution in [1.29, 1.82) is 0 Å². The maximum Gasteiger partial charge on any atom is 0.119 e. The summed E-state index contributed by atoms with van der Waals surface area (Å²) >= 11 is 6.17. The molecule has 5 heteroatoms. The van der Waals surface area contributed by atoms with E-state index >= 15 is 0 Å². The highest BCUT2D eigenvalue weighted by molar-refractivity contribution is 6.31. The van der Waals surface area contributed by atoms with Crippen molar-refractivity contribution in [3.05, 3.63) is 41.4 Å². The molecular weight excluding hydrogens is 322 g/mol. The van der Waals surface area contributed by atoms with Crippen LogP contribution in [0, 0.1) is 0 Å². The quantitative estimate of drug-likeness (QED) is 0.726. The Morgan fingerprint density at radius 1 is 1.17 bits per heavy atom. The molecule has 1 unspecified atom stereocenters. The van der Waals surface area contributed by atoms with Gasteiger partial charge in [0.2, 0.25) is 0 Å². The molecule has 24 heavy (non-hydrogen) atoms. The summed E-state index contributed by atoms with van der Waals surface area (Å²) in [5, 5.41) is 6.63. The lowest BCUT2D eigenvalue weighted by molar-refractivity contribution is 0.414. The minimum absolute atomic E-state index is 0.436. The van der Waals surface area contributed by atoms with Crippen molar-refractivity contribution in [3.8, 4) is 5.75 Å². The first-order valence-corrected chi connectivity index (χ1v) is 8.54. The molecule has 124 valence electrons. The van der Waals surface area contributed by atoms with Gasteiger partial charge < -0.3 is 15.0 Å². The van der Waals surface area contributed by atoms with Gasteiger partial charge in [0.1, 0.15) is 5.75 Å². The summed E-state index contributed by atoms with van der Waals surface area (Å²) in [6.45, 7) is 2.16. The number of hydrogen-bond donors (Lipinski definition) is 1. The van der Waals surface area contributed by atoms with Crippen molar-refractivity contribution >= 4 is 39.1 Å².